The molecule has 79 heavy (non-hydrogen) atoms. The molecule has 0 bridgehead atoms. The molecule has 4 saturated carbocycles. The Morgan fingerprint density at radius 1 is 0.658 bits per heavy atom. The van der Waals surface area contributed by atoms with Crippen LogP contribution in [0.2, 0.25) is 0 Å². The predicted molar refractivity (Wildman–Crippen MR) is 272 cm³/mol. The van der Waals surface area contributed by atoms with Crippen molar-refractivity contribution in [2.24, 2.45) is 50.7 Å². The van der Waals surface area contributed by atoms with Gasteiger partial charge in [0.1, 0.15) is 67.1 Å². The van der Waals surface area contributed by atoms with Gasteiger partial charge in [0, 0.05) is 16.6 Å². The number of aliphatic hydroxyl groups is 11. The molecule has 3 saturated heterocycles. The molecule has 0 spiro atoms. The average Bonchev–Trinajstić information content (AvgIpc) is 2.90. The summed E-state index contributed by atoms with van der Waals surface area (Å²) in [5.74, 6) is -4.39. The fraction of sp³-hybridized carbons (Fsp3) is 0.839. The van der Waals surface area contributed by atoms with Crippen LogP contribution in [0, 0.1) is 50.7 Å². The molecule has 23 nitrogen and oxygen atoms in total. The lowest BCUT2D eigenvalue weighted by atomic mass is 9.32. The summed E-state index contributed by atoms with van der Waals surface area (Å²) in [6.07, 6.45) is -23.8. The Bertz CT molecular complexity index is 2340. The number of esters is 2. The molecule has 0 radical (unpaired) electrons. The Balaban J connectivity index is 1.13. The lowest BCUT2D eigenvalue weighted by Gasteiger charge is -2.73. The number of carboxylic acid groups (broad SMARTS) is 1. The first kappa shape index (κ1) is 62.0. The molecule has 0 aromatic heterocycles. The maximum absolute atomic E-state index is 13.7. The van der Waals surface area contributed by atoms with E-state index in [-0.39, 0.29) is 17.4 Å². The van der Waals surface area contributed by atoms with Gasteiger partial charge in [-0.15, -0.1) is 0 Å². The second-order valence-electron chi connectivity index (χ2n) is 25.1. The molecule has 7 fully saturated rings. The molecule has 3 aliphatic heterocycles. The van der Waals surface area contributed by atoms with E-state index in [1.165, 1.54) is 0 Å². The van der Waals surface area contributed by atoms with E-state index in [0.717, 1.165) is 5.57 Å². The maximum Gasteiger partial charge on any atom is 0.335 e. The van der Waals surface area contributed by atoms with E-state index in [1.54, 1.807) is 39.8 Å². The molecule has 8 rings (SSSR count). The Morgan fingerprint density at radius 3 is 1.77 bits per heavy atom. The minimum absolute atomic E-state index is 0.144. The SMILES string of the molecule is C/C=C(/C)C(=O)O[C@@H]1[C@H](C)CC2C3=CCC4[C@@]5(C)CC[C@H](O[C@@H]6OC(C(=O)O)[C@@H](O)[C@@H](O[C@@H]7O[C@@H](CO)C(O)[C@@H]7O)C6O[C@@H]6OC(CO)[C@H](O)[C@@H](O)C6O)C(C)(C)C5CC[C@@]4(C)[C@]3(C)[C@@H](O)[C@@H](O)[C@@]2(CO)[C@H]1OC(=O)/C(C)=C\C. The van der Waals surface area contributed by atoms with Crippen molar-refractivity contribution in [2.45, 2.75) is 224 Å². The number of rotatable bonds is 14. The van der Waals surface area contributed by atoms with Crippen molar-refractivity contribution >= 4 is 17.9 Å². The van der Waals surface area contributed by atoms with E-state index < -0.39 is 193 Å². The fourth-order valence-corrected chi connectivity index (χ4v) is 16.0. The monoisotopic (exact) mass is 1130 g/mol. The van der Waals surface area contributed by atoms with Crippen LogP contribution in [0.15, 0.2) is 34.9 Å². The number of aliphatic hydroxyl groups excluding tert-OH is 11. The zero-order valence-corrected chi connectivity index (χ0v) is 46.7. The normalized spacial score (nSPS) is 49.8. The van der Waals surface area contributed by atoms with Crippen LogP contribution in [0.3, 0.4) is 0 Å². The zero-order valence-electron chi connectivity index (χ0n) is 46.7. The number of carbonyl (C=O) groups excluding carboxylic acids is 2. The van der Waals surface area contributed by atoms with Crippen molar-refractivity contribution in [2.75, 3.05) is 19.8 Å². The van der Waals surface area contributed by atoms with E-state index in [0.29, 0.717) is 44.1 Å². The fourth-order valence-electron chi connectivity index (χ4n) is 16.0. The quantitative estimate of drug-likeness (QED) is 0.0467. The molecular weight excluding hydrogens is 1040 g/mol. The van der Waals surface area contributed by atoms with Gasteiger partial charge in [0.25, 0.3) is 0 Å². The van der Waals surface area contributed by atoms with Crippen molar-refractivity contribution in [1.29, 1.82) is 0 Å². The summed E-state index contributed by atoms with van der Waals surface area (Å²) in [4.78, 5) is 40.1. The average molecular weight is 1130 g/mol. The minimum atomic E-state index is -2.12. The molecule has 0 aromatic carbocycles. The van der Waals surface area contributed by atoms with E-state index in [4.69, 9.17) is 37.9 Å². The predicted octanol–water partition coefficient (Wildman–Crippen LogP) is -0.127. The number of hydrogen-bond donors (Lipinski definition) is 12. The van der Waals surface area contributed by atoms with Crippen LogP contribution >= 0.6 is 0 Å². The zero-order chi connectivity index (χ0) is 58.4. The van der Waals surface area contributed by atoms with Crippen LogP contribution in [-0.2, 0) is 52.3 Å². The Morgan fingerprint density at radius 2 is 1.22 bits per heavy atom. The van der Waals surface area contributed by atoms with Crippen molar-refractivity contribution in [1.82, 2.24) is 0 Å². The summed E-state index contributed by atoms with van der Waals surface area (Å²) in [5.41, 5.74) is -3.42. The lowest BCUT2D eigenvalue weighted by molar-refractivity contribution is -0.386. The molecule has 3 heterocycles. The number of fused-ring (bicyclic) bond motifs is 7. The number of ether oxygens (including phenoxy) is 8. The van der Waals surface area contributed by atoms with Gasteiger partial charge in [0.2, 0.25) is 0 Å². The molecule has 0 aromatic rings. The van der Waals surface area contributed by atoms with E-state index in [9.17, 15) is 75.7 Å². The highest BCUT2D eigenvalue weighted by Crippen LogP contribution is 2.76. The molecule has 448 valence electrons. The molecule has 8 unspecified atom stereocenters. The summed E-state index contributed by atoms with van der Waals surface area (Å²) in [5, 5.41) is 134. The lowest BCUT2D eigenvalue weighted by Crippen LogP contribution is -2.75. The van der Waals surface area contributed by atoms with Gasteiger partial charge >= 0.3 is 17.9 Å². The smallest absolute Gasteiger partial charge is 0.335 e. The van der Waals surface area contributed by atoms with Crippen LogP contribution in [0.4, 0.5) is 0 Å². The number of hydrogen-bond acceptors (Lipinski definition) is 22. The Kier molecular flexibility index (Phi) is 17.9. The third-order valence-electron chi connectivity index (χ3n) is 21.1. The Hall–Kier alpha value is -3.05. The first-order chi connectivity index (χ1) is 37.0. The number of carboxylic acids is 1. The first-order valence-electron chi connectivity index (χ1n) is 27.8. The van der Waals surface area contributed by atoms with Crippen molar-refractivity contribution in [3.05, 3.63) is 34.9 Å². The van der Waals surface area contributed by atoms with Gasteiger partial charge in [-0.3, -0.25) is 0 Å². The highest BCUT2D eigenvalue weighted by molar-refractivity contribution is 5.88. The molecule has 8 aliphatic rings. The van der Waals surface area contributed by atoms with Crippen LogP contribution < -0.4 is 0 Å². The van der Waals surface area contributed by atoms with Gasteiger partial charge in [-0.2, -0.15) is 0 Å². The van der Waals surface area contributed by atoms with Gasteiger partial charge in [-0.05, 0) is 106 Å². The van der Waals surface area contributed by atoms with Crippen LogP contribution in [0.5, 0.6) is 0 Å². The number of allylic oxidation sites excluding steroid dienone is 3. The van der Waals surface area contributed by atoms with Gasteiger partial charge in [0.15, 0.2) is 31.1 Å². The first-order valence-corrected chi connectivity index (χ1v) is 27.8. The maximum atomic E-state index is 13.7. The number of carbonyl (C=O) groups is 3. The third kappa shape index (κ3) is 9.78. The summed E-state index contributed by atoms with van der Waals surface area (Å²) in [6, 6.07) is 0. The van der Waals surface area contributed by atoms with Crippen molar-refractivity contribution < 1.29 is 114 Å². The van der Waals surface area contributed by atoms with E-state index in [1.807, 2.05) is 27.7 Å². The van der Waals surface area contributed by atoms with E-state index in [2.05, 4.69) is 19.9 Å². The van der Waals surface area contributed by atoms with Crippen LogP contribution in [-0.4, -0.2) is 216 Å². The summed E-state index contributed by atoms with van der Waals surface area (Å²) in [7, 11) is 0. The third-order valence-corrected chi connectivity index (χ3v) is 21.1. The molecular formula is C56H86O23. The largest absolute Gasteiger partial charge is 0.479 e. The van der Waals surface area contributed by atoms with E-state index >= 15 is 0 Å². The molecule has 0 amide bonds. The second kappa shape index (κ2) is 22.8. The van der Waals surface area contributed by atoms with Gasteiger partial charge < -0.3 is 99.2 Å². The van der Waals surface area contributed by atoms with Gasteiger partial charge in [0.05, 0.1) is 43.5 Å². The molecule has 27 atom stereocenters. The molecule has 5 aliphatic carbocycles. The van der Waals surface area contributed by atoms with Crippen molar-refractivity contribution in [3.63, 3.8) is 0 Å². The molecule has 12 N–H and O–H groups in total. The topological polar surface area (TPSA) is 368 Å². The van der Waals surface area contributed by atoms with Gasteiger partial charge in [-0.25, -0.2) is 14.4 Å². The van der Waals surface area contributed by atoms with Crippen LogP contribution in [0.25, 0.3) is 0 Å². The minimum Gasteiger partial charge on any atom is -0.479 e. The summed E-state index contributed by atoms with van der Waals surface area (Å²) in [6.45, 7) is 16.5. The standard InChI is InChI=1S/C56H86O23/c1-11-23(3)47(70)75-39-25(5)19-27-26-13-14-31-53(8)17-16-32(52(6,7)30(53)15-18-54(31,9)55(26,10)43(66)44(67)56(27,22-59)45(39)79-48(71)24(4)12-2)74-51-42(78-50-37(64)35(62)33(60)28(20-57)72-50)40(38(65)41(77-51)46(68)69)76-49-36(63)34(61)29(21-58)73-49/h11-13,25,27-45,49-51,57-67H,14-22H2,1-10H3,(H,68,69)/b23-11-,24-12-/t25-,27?,28?,29+,30?,31?,32+,33+,34?,35-,36+,37?,38+,39-,40-,41?,42?,43+,44-,45+,49+,50+,51-,53+,54-,55+,56+/m1/s1. The van der Waals surface area contributed by atoms with Crippen molar-refractivity contribution in [3.8, 4) is 0 Å². The van der Waals surface area contributed by atoms with Gasteiger partial charge in [-0.1, -0.05) is 65.3 Å². The Labute approximate surface area is 460 Å². The highest BCUT2D eigenvalue weighted by Gasteiger charge is 2.75. The number of aliphatic carboxylic acids is 1. The highest BCUT2D eigenvalue weighted by atomic mass is 16.8. The summed E-state index contributed by atoms with van der Waals surface area (Å²) >= 11 is 0. The second-order valence-corrected chi connectivity index (χ2v) is 25.1. The summed E-state index contributed by atoms with van der Waals surface area (Å²) < 4.78 is 48.8. The molecule has 23 heteroatoms. The van der Waals surface area contributed by atoms with Crippen LogP contribution in [0.1, 0.15) is 108 Å².